The average Bonchev–Trinajstić information content (AvgIpc) is 2.35. The standard InChI is InChI=1S/C15H21F3N2O/c1-9(20-13(21)12(19)14(2,3)4)10-5-7-11(8-6-10)15(16,17)18/h5-9,12H,19H2,1-4H3,(H,20,21)/t9?,12-/m1/s1. The maximum atomic E-state index is 12.5. The molecule has 6 heteroatoms. The number of benzene rings is 1. The first-order valence-corrected chi connectivity index (χ1v) is 6.66. The molecule has 1 unspecified atom stereocenters. The SMILES string of the molecule is CC(NC(=O)[C@@H](N)C(C)(C)C)c1ccc(C(F)(F)F)cc1. The Hall–Kier alpha value is -1.56. The lowest BCUT2D eigenvalue weighted by Gasteiger charge is -2.27. The van der Waals surface area contributed by atoms with Gasteiger partial charge in [-0.15, -0.1) is 0 Å². The number of hydrogen-bond acceptors (Lipinski definition) is 2. The summed E-state index contributed by atoms with van der Waals surface area (Å²) in [5.41, 5.74) is 5.34. The van der Waals surface area contributed by atoms with E-state index in [2.05, 4.69) is 5.32 Å². The second kappa shape index (κ2) is 6.05. The Kier molecular flexibility index (Phi) is 5.04. The molecule has 0 saturated carbocycles. The van der Waals surface area contributed by atoms with Crippen LogP contribution in [0, 0.1) is 5.41 Å². The van der Waals surface area contributed by atoms with E-state index >= 15 is 0 Å². The molecule has 21 heavy (non-hydrogen) atoms. The van der Waals surface area contributed by atoms with E-state index in [4.69, 9.17) is 5.73 Å². The molecule has 0 radical (unpaired) electrons. The van der Waals surface area contributed by atoms with E-state index in [9.17, 15) is 18.0 Å². The molecular formula is C15H21F3N2O. The summed E-state index contributed by atoms with van der Waals surface area (Å²) in [5.74, 6) is -0.324. The molecule has 3 nitrogen and oxygen atoms in total. The third-order valence-electron chi connectivity index (χ3n) is 3.31. The monoisotopic (exact) mass is 302 g/mol. The quantitative estimate of drug-likeness (QED) is 0.900. The highest BCUT2D eigenvalue weighted by Crippen LogP contribution is 2.30. The van der Waals surface area contributed by atoms with Crippen LogP contribution in [-0.2, 0) is 11.0 Å². The Balaban J connectivity index is 2.77. The summed E-state index contributed by atoms with van der Waals surface area (Å²) < 4.78 is 37.4. The average molecular weight is 302 g/mol. The van der Waals surface area contributed by atoms with Gasteiger partial charge in [0.25, 0.3) is 0 Å². The van der Waals surface area contributed by atoms with Crippen molar-refractivity contribution < 1.29 is 18.0 Å². The number of hydrogen-bond donors (Lipinski definition) is 2. The summed E-state index contributed by atoms with van der Waals surface area (Å²) in [4.78, 5) is 12.0. The summed E-state index contributed by atoms with van der Waals surface area (Å²) in [6.07, 6.45) is -4.36. The molecule has 0 aliphatic heterocycles. The van der Waals surface area contributed by atoms with Crippen LogP contribution < -0.4 is 11.1 Å². The third-order valence-corrected chi connectivity index (χ3v) is 3.31. The van der Waals surface area contributed by atoms with Crippen LogP contribution >= 0.6 is 0 Å². The molecule has 1 rings (SSSR count). The topological polar surface area (TPSA) is 55.1 Å². The summed E-state index contributed by atoms with van der Waals surface area (Å²) in [6, 6.07) is 3.62. The fourth-order valence-electron chi connectivity index (χ4n) is 1.74. The molecular weight excluding hydrogens is 281 g/mol. The zero-order valence-electron chi connectivity index (χ0n) is 12.6. The molecule has 0 bridgehead atoms. The predicted molar refractivity (Wildman–Crippen MR) is 75.4 cm³/mol. The highest BCUT2D eigenvalue weighted by Gasteiger charge is 2.31. The van der Waals surface area contributed by atoms with Crippen LogP contribution in [0.2, 0.25) is 0 Å². The highest BCUT2D eigenvalue weighted by atomic mass is 19.4. The molecule has 0 aliphatic carbocycles. The second-order valence-corrected chi connectivity index (χ2v) is 6.19. The number of alkyl halides is 3. The Bertz CT molecular complexity index is 489. The zero-order valence-corrected chi connectivity index (χ0v) is 12.6. The minimum atomic E-state index is -4.36. The van der Waals surface area contributed by atoms with Gasteiger partial charge in [-0.2, -0.15) is 13.2 Å². The van der Waals surface area contributed by atoms with E-state index in [0.29, 0.717) is 5.56 Å². The summed E-state index contributed by atoms with van der Waals surface area (Å²) >= 11 is 0. The van der Waals surface area contributed by atoms with Gasteiger partial charge < -0.3 is 11.1 Å². The van der Waals surface area contributed by atoms with Gasteiger partial charge in [-0.05, 0) is 30.0 Å². The van der Waals surface area contributed by atoms with Gasteiger partial charge in [0.15, 0.2) is 0 Å². The maximum Gasteiger partial charge on any atom is 0.416 e. The number of amides is 1. The van der Waals surface area contributed by atoms with Crippen molar-refractivity contribution in [3.63, 3.8) is 0 Å². The minimum Gasteiger partial charge on any atom is -0.348 e. The molecule has 0 aromatic heterocycles. The van der Waals surface area contributed by atoms with Crippen molar-refractivity contribution in [3.8, 4) is 0 Å². The largest absolute Gasteiger partial charge is 0.416 e. The molecule has 0 aliphatic rings. The molecule has 1 amide bonds. The van der Waals surface area contributed by atoms with E-state index in [1.54, 1.807) is 6.92 Å². The van der Waals surface area contributed by atoms with Crippen LogP contribution in [0.5, 0.6) is 0 Å². The van der Waals surface area contributed by atoms with Crippen LogP contribution in [0.3, 0.4) is 0 Å². The highest BCUT2D eigenvalue weighted by molar-refractivity contribution is 5.82. The smallest absolute Gasteiger partial charge is 0.348 e. The van der Waals surface area contributed by atoms with Crippen molar-refractivity contribution in [3.05, 3.63) is 35.4 Å². The molecule has 0 fully saturated rings. The fourth-order valence-corrected chi connectivity index (χ4v) is 1.74. The lowest BCUT2D eigenvalue weighted by Crippen LogP contribution is -2.49. The number of nitrogens with one attached hydrogen (secondary N) is 1. The number of rotatable bonds is 3. The molecule has 2 atom stereocenters. The van der Waals surface area contributed by atoms with Crippen LogP contribution in [0.1, 0.15) is 44.9 Å². The van der Waals surface area contributed by atoms with E-state index in [1.807, 2.05) is 20.8 Å². The fraction of sp³-hybridized carbons (Fsp3) is 0.533. The Labute approximate surface area is 122 Å². The van der Waals surface area contributed by atoms with Crippen LogP contribution in [0.15, 0.2) is 24.3 Å². The Morgan fingerprint density at radius 1 is 1.14 bits per heavy atom. The van der Waals surface area contributed by atoms with Gasteiger partial charge in [-0.1, -0.05) is 32.9 Å². The number of nitrogens with two attached hydrogens (primary N) is 1. The molecule has 1 aromatic carbocycles. The predicted octanol–water partition coefficient (Wildman–Crippen LogP) is 3.26. The van der Waals surface area contributed by atoms with Gasteiger partial charge in [0.2, 0.25) is 5.91 Å². The molecule has 1 aromatic rings. The number of halogens is 3. The zero-order chi connectivity index (χ0) is 16.4. The van der Waals surface area contributed by atoms with E-state index in [1.165, 1.54) is 12.1 Å². The number of carbonyl (C=O) groups excluding carboxylic acids is 1. The van der Waals surface area contributed by atoms with Crippen LogP contribution in [-0.4, -0.2) is 11.9 Å². The summed E-state index contributed by atoms with van der Waals surface area (Å²) in [7, 11) is 0. The van der Waals surface area contributed by atoms with Crippen molar-refractivity contribution in [1.29, 1.82) is 0 Å². The molecule has 0 saturated heterocycles. The molecule has 3 N–H and O–H groups in total. The Morgan fingerprint density at radius 3 is 2.00 bits per heavy atom. The normalized spacial score (nSPS) is 15.4. The van der Waals surface area contributed by atoms with Gasteiger partial charge >= 0.3 is 6.18 Å². The molecule has 0 heterocycles. The third kappa shape index (κ3) is 4.74. The van der Waals surface area contributed by atoms with E-state index in [-0.39, 0.29) is 11.3 Å². The first-order valence-electron chi connectivity index (χ1n) is 6.66. The van der Waals surface area contributed by atoms with Crippen molar-refractivity contribution in [1.82, 2.24) is 5.32 Å². The van der Waals surface area contributed by atoms with Crippen molar-refractivity contribution in [2.24, 2.45) is 11.1 Å². The lowest BCUT2D eigenvalue weighted by molar-refractivity contribution is -0.137. The number of carbonyl (C=O) groups is 1. The summed E-state index contributed by atoms with van der Waals surface area (Å²) in [6.45, 7) is 7.25. The van der Waals surface area contributed by atoms with E-state index < -0.39 is 23.8 Å². The Morgan fingerprint density at radius 2 is 1.62 bits per heavy atom. The minimum absolute atomic E-state index is 0.324. The van der Waals surface area contributed by atoms with Gasteiger partial charge in [0.05, 0.1) is 17.6 Å². The maximum absolute atomic E-state index is 12.5. The molecule has 0 spiro atoms. The van der Waals surface area contributed by atoms with Crippen molar-refractivity contribution in [2.75, 3.05) is 0 Å². The lowest BCUT2D eigenvalue weighted by atomic mass is 9.86. The van der Waals surface area contributed by atoms with Gasteiger partial charge in [0, 0.05) is 0 Å². The van der Waals surface area contributed by atoms with E-state index in [0.717, 1.165) is 12.1 Å². The van der Waals surface area contributed by atoms with Gasteiger partial charge in [-0.3, -0.25) is 4.79 Å². The second-order valence-electron chi connectivity index (χ2n) is 6.19. The van der Waals surface area contributed by atoms with Gasteiger partial charge in [0.1, 0.15) is 0 Å². The van der Waals surface area contributed by atoms with Crippen LogP contribution in [0.25, 0.3) is 0 Å². The van der Waals surface area contributed by atoms with Crippen LogP contribution in [0.4, 0.5) is 13.2 Å². The van der Waals surface area contributed by atoms with Gasteiger partial charge in [-0.25, -0.2) is 0 Å². The summed E-state index contributed by atoms with van der Waals surface area (Å²) in [5, 5.41) is 2.72. The molecule has 118 valence electrons. The first kappa shape index (κ1) is 17.5. The van der Waals surface area contributed by atoms with Crippen molar-refractivity contribution in [2.45, 2.75) is 46.0 Å². The van der Waals surface area contributed by atoms with Crippen molar-refractivity contribution >= 4 is 5.91 Å². The first-order chi connectivity index (χ1) is 9.43.